The van der Waals surface area contributed by atoms with Crippen LogP contribution in [0.1, 0.15) is 12.0 Å². The molecule has 1 aliphatic rings. The molecule has 1 saturated heterocycles. The van der Waals surface area contributed by atoms with Crippen molar-refractivity contribution >= 4 is 16.0 Å². The fourth-order valence-corrected chi connectivity index (χ4v) is 3.75. The summed E-state index contributed by atoms with van der Waals surface area (Å²) in [5.74, 6) is -1.23. The first-order valence-corrected chi connectivity index (χ1v) is 7.27. The van der Waals surface area contributed by atoms with E-state index in [1.165, 1.54) is 18.2 Å². The topological polar surface area (TPSA) is 124 Å². The highest BCUT2D eigenvalue weighted by Crippen LogP contribution is 2.27. The van der Waals surface area contributed by atoms with E-state index in [9.17, 15) is 13.2 Å². The van der Waals surface area contributed by atoms with Gasteiger partial charge in [0.15, 0.2) is 0 Å². The van der Waals surface area contributed by atoms with Crippen molar-refractivity contribution in [2.75, 3.05) is 13.1 Å². The molecule has 2 rings (SSSR count). The number of benzene rings is 1. The van der Waals surface area contributed by atoms with Crippen molar-refractivity contribution in [2.45, 2.75) is 16.9 Å². The number of nitriles is 1. The van der Waals surface area contributed by atoms with Crippen molar-refractivity contribution in [1.29, 1.82) is 5.26 Å². The summed E-state index contributed by atoms with van der Waals surface area (Å²) in [7, 11) is -3.92. The van der Waals surface area contributed by atoms with E-state index in [2.05, 4.69) is 0 Å². The van der Waals surface area contributed by atoms with Gasteiger partial charge in [-0.1, -0.05) is 12.1 Å². The van der Waals surface area contributed by atoms with Gasteiger partial charge in [-0.2, -0.15) is 9.57 Å². The smallest absolute Gasteiger partial charge is 0.325 e. The summed E-state index contributed by atoms with van der Waals surface area (Å²) in [5, 5.41) is 18.0. The highest BCUT2D eigenvalue weighted by Gasteiger charge is 2.45. The van der Waals surface area contributed by atoms with Gasteiger partial charge in [0.1, 0.15) is 11.6 Å². The van der Waals surface area contributed by atoms with Crippen molar-refractivity contribution < 1.29 is 18.3 Å². The Balaban J connectivity index is 2.39. The lowest BCUT2D eigenvalue weighted by molar-refractivity contribution is -0.142. The van der Waals surface area contributed by atoms with Crippen LogP contribution in [0.2, 0.25) is 0 Å². The molecule has 0 radical (unpaired) electrons. The fraction of sp³-hybridized carbons (Fsp3) is 0.333. The molecule has 1 atom stereocenters. The zero-order valence-corrected chi connectivity index (χ0v) is 11.3. The summed E-state index contributed by atoms with van der Waals surface area (Å²) in [6.07, 6.45) is 0.0380. The lowest BCUT2D eigenvalue weighted by Gasteiger charge is -2.20. The molecule has 7 nitrogen and oxygen atoms in total. The van der Waals surface area contributed by atoms with E-state index in [0.717, 1.165) is 4.31 Å². The predicted octanol–water partition coefficient (Wildman–Crippen LogP) is -0.265. The molecule has 1 unspecified atom stereocenters. The molecule has 8 heteroatoms. The van der Waals surface area contributed by atoms with Crippen LogP contribution in [-0.2, 0) is 14.8 Å². The third-order valence-electron chi connectivity index (χ3n) is 3.32. The van der Waals surface area contributed by atoms with Gasteiger partial charge in [0.2, 0.25) is 10.0 Å². The maximum Gasteiger partial charge on any atom is 0.325 e. The van der Waals surface area contributed by atoms with Crippen LogP contribution in [0.15, 0.2) is 29.2 Å². The first-order valence-electron chi connectivity index (χ1n) is 5.83. The van der Waals surface area contributed by atoms with E-state index in [1.807, 2.05) is 6.07 Å². The number of carbonyl (C=O) groups is 1. The summed E-state index contributed by atoms with van der Waals surface area (Å²) in [4.78, 5) is 10.9. The molecule has 1 aromatic rings. The highest BCUT2D eigenvalue weighted by molar-refractivity contribution is 7.89. The zero-order valence-electron chi connectivity index (χ0n) is 10.5. The van der Waals surface area contributed by atoms with Gasteiger partial charge in [-0.3, -0.25) is 4.79 Å². The molecule has 1 fully saturated rings. The van der Waals surface area contributed by atoms with Crippen LogP contribution in [0, 0.1) is 11.3 Å². The van der Waals surface area contributed by atoms with Crippen molar-refractivity contribution in [1.82, 2.24) is 4.31 Å². The molecule has 3 N–H and O–H groups in total. The van der Waals surface area contributed by atoms with E-state index in [0.29, 0.717) is 0 Å². The minimum atomic E-state index is -3.92. The Hall–Kier alpha value is -1.95. The number of hydrogen-bond donors (Lipinski definition) is 2. The molecule has 0 spiro atoms. The second kappa shape index (κ2) is 4.86. The third-order valence-corrected chi connectivity index (χ3v) is 5.22. The lowest BCUT2D eigenvalue weighted by Crippen LogP contribution is -2.50. The van der Waals surface area contributed by atoms with Gasteiger partial charge in [-0.25, -0.2) is 8.42 Å². The molecule has 106 valence electrons. The highest BCUT2D eigenvalue weighted by atomic mass is 32.2. The number of carboxylic acid groups (broad SMARTS) is 1. The zero-order chi connectivity index (χ0) is 15.0. The van der Waals surface area contributed by atoms with Crippen LogP contribution in [-0.4, -0.2) is 42.4 Å². The largest absolute Gasteiger partial charge is 0.480 e. The molecule has 1 aromatic carbocycles. The Kier molecular flexibility index (Phi) is 3.52. The van der Waals surface area contributed by atoms with Gasteiger partial charge in [0.25, 0.3) is 0 Å². The quantitative estimate of drug-likeness (QED) is 0.791. The molecule has 20 heavy (non-hydrogen) atoms. The van der Waals surface area contributed by atoms with Crippen LogP contribution in [0.25, 0.3) is 0 Å². The summed E-state index contributed by atoms with van der Waals surface area (Å²) >= 11 is 0. The maximum atomic E-state index is 12.5. The van der Waals surface area contributed by atoms with Gasteiger partial charge in [0, 0.05) is 13.1 Å². The standard InChI is InChI=1S/C12H13N3O4S/c13-7-9-3-1-2-4-10(9)20(18,19)15-6-5-12(14,8-15)11(16)17/h1-4H,5-6,8,14H2,(H,16,17). The van der Waals surface area contributed by atoms with Crippen LogP contribution in [0.5, 0.6) is 0 Å². The number of nitrogens with two attached hydrogens (primary N) is 1. The van der Waals surface area contributed by atoms with E-state index >= 15 is 0 Å². The van der Waals surface area contributed by atoms with Gasteiger partial charge in [0.05, 0.1) is 10.5 Å². The Labute approximate surface area is 116 Å². The SMILES string of the molecule is N#Cc1ccccc1S(=O)(=O)N1CCC(N)(C(=O)O)C1. The minimum absolute atomic E-state index is 0.0187. The maximum absolute atomic E-state index is 12.5. The van der Waals surface area contributed by atoms with Crippen LogP contribution in [0.3, 0.4) is 0 Å². The number of rotatable bonds is 3. The summed E-state index contributed by atoms with van der Waals surface area (Å²) in [6.45, 7) is -0.282. The molecule has 1 heterocycles. The molecule has 0 amide bonds. The summed E-state index contributed by atoms with van der Waals surface area (Å²) in [5.41, 5.74) is 4.12. The average Bonchev–Trinajstić information content (AvgIpc) is 2.83. The number of nitrogens with zero attached hydrogens (tertiary/aromatic N) is 2. The molecule has 1 aliphatic heterocycles. The van der Waals surface area contributed by atoms with Crippen molar-refractivity contribution in [3.05, 3.63) is 29.8 Å². The normalized spacial score (nSPS) is 23.4. The van der Waals surface area contributed by atoms with Crippen LogP contribution in [0.4, 0.5) is 0 Å². The molecular formula is C12H13N3O4S. The lowest BCUT2D eigenvalue weighted by atomic mass is 10.0. The van der Waals surface area contributed by atoms with E-state index in [1.54, 1.807) is 6.07 Å². The second-order valence-corrected chi connectivity index (χ2v) is 6.56. The number of carboxylic acids is 1. The first-order chi connectivity index (χ1) is 9.31. The molecule has 0 aromatic heterocycles. The Morgan fingerprint density at radius 1 is 1.45 bits per heavy atom. The molecule has 0 bridgehead atoms. The fourth-order valence-electron chi connectivity index (χ4n) is 2.10. The Morgan fingerprint density at radius 2 is 2.10 bits per heavy atom. The van der Waals surface area contributed by atoms with Gasteiger partial charge >= 0.3 is 5.97 Å². The van der Waals surface area contributed by atoms with Gasteiger partial charge < -0.3 is 10.8 Å². The van der Waals surface area contributed by atoms with E-state index in [4.69, 9.17) is 16.1 Å². The van der Waals surface area contributed by atoms with Crippen molar-refractivity contribution in [3.63, 3.8) is 0 Å². The number of hydrogen-bond acceptors (Lipinski definition) is 5. The monoisotopic (exact) mass is 295 g/mol. The van der Waals surface area contributed by atoms with Crippen LogP contribution >= 0.6 is 0 Å². The Bertz CT molecular complexity index is 695. The first kappa shape index (κ1) is 14.5. The van der Waals surface area contributed by atoms with Crippen molar-refractivity contribution in [3.8, 4) is 6.07 Å². The van der Waals surface area contributed by atoms with Crippen molar-refractivity contribution in [2.24, 2.45) is 5.73 Å². The number of sulfonamides is 1. The van der Waals surface area contributed by atoms with Gasteiger partial charge in [-0.05, 0) is 18.6 Å². The predicted molar refractivity (Wildman–Crippen MR) is 69.1 cm³/mol. The molecule has 0 aliphatic carbocycles. The molecule has 0 saturated carbocycles. The average molecular weight is 295 g/mol. The van der Waals surface area contributed by atoms with E-state index in [-0.39, 0.29) is 30.0 Å². The third kappa shape index (κ3) is 2.27. The summed E-state index contributed by atoms with van der Waals surface area (Å²) < 4.78 is 25.9. The molecular weight excluding hydrogens is 282 g/mol. The van der Waals surface area contributed by atoms with Crippen LogP contribution < -0.4 is 5.73 Å². The minimum Gasteiger partial charge on any atom is -0.480 e. The summed E-state index contributed by atoms with van der Waals surface area (Å²) in [6, 6.07) is 7.61. The van der Waals surface area contributed by atoms with E-state index < -0.39 is 21.5 Å². The number of aliphatic carboxylic acids is 1. The Morgan fingerprint density at radius 3 is 2.65 bits per heavy atom. The van der Waals surface area contributed by atoms with Gasteiger partial charge in [-0.15, -0.1) is 0 Å². The second-order valence-electron chi connectivity index (χ2n) is 4.66.